The van der Waals surface area contributed by atoms with E-state index >= 15 is 0 Å². The van der Waals surface area contributed by atoms with Gasteiger partial charge >= 0.3 is 5.97 Å². The van der Waals surface area contributed by atoms with Crippen LogP contribution in [0.1, 0.15) is 15.9 Å². The maximum absolute atomic E-state index is 12.5. The van der Waals surface area contributed by atoms with Crippen LogP contribution in [0.2, 0.25) is 0 Å². The van der Waals surface area contributed by atoms with Gasteiger partial charge < -0.3 is 18.9 Å². The molecule has 0 bridgehead atoms. The van der Waals surface area contributed by atoms with E-state index in [9.17, 15) is 13.2 Å². The Kier molecular flexibility index (Phi) is 7.80. The van der Waals surface area contributed by atoms with Gasteiger partial charge in [0.05, 0.1) is 26.4 Å². The van der Waals surface area contributed by atoms with E-state index in [-0.39, 0.29) is 36.0 Å². The number of esters is 1. The number of carbonyl (C=O) groups is 1. The number of ether oxygens (including phenoxy) is 4. The highest BCUT2D eigenvalue weighted by atomic mass is 32.2. The van der Waals surface area contributed by atoms with Gasteiger partial charge in [0.15, 0.2) is 0 Å². The van der Waals surface area contributed by atoms with Crippen LogP contribution in [-0.4, -0.2) is 48.9 Å². The molecule has 1 N–H and O–H groups in total. The number of rotatable bonds is 10. The van der Waals surface area contributed by atoms with E-state index in [1.54, 1.807) is 31.4 Å². The summed E-state index contributed by atoms with van der Waals surface area (Å²) < 4.78 is 47.7. The maximum atomic E-state index is 12.5. The fourth-order valence-corrected chi connectivity index (χ4v) is 3.57. The summed E-state index contributed by atoms with van der Waals surface area (Å²) in [4.78, 5) is 12.2. The average Bonchev–Trinajstić information content (AvgIpc) is 2.71. The molecule has 0 aromatic heterocycles. The van der Waals surface area contributed by atoms with E-state index in [4.69, 9.17) is 18.9 Å². The quantitative estimate of drug-likeness (QED) is 0.473. The number of carbonyl (C=O) groups excluding carboxylic acids is 1. The van der Waals surface area contributed by atoms with Gasteiger partial charge in [-0.2, -0.15) is 0 Å². The van der Waals surface area contributed by atoms with Gasteiger partial charge in [-0.1, -0.05) is 12.1 Å². The number of sulfonamides is 1. The molecule has 0 saturated carbocycles. The molecule has 0 spiro atoms. The summed E-state index contributed by atoms with van der Waals surface area (Å²) in [6.07, 6.45) is 0. The molecule has 0 radical (unpaired) electrons. The van der Waals surface area contributed by atoms with Crippen LogP contribution in [0.15, 0.2) is 47.4 Å². The Hall–Kier alpha value is -2.62. The average molecular weight is 409 g/mol. The number of nitrogens with one attached hydrogen (secondary N) is 1. The second-order valence-corrected chi connectivity index (χ2v) is 7.42. The Balaban J connectivity index is 2.17. The SMILES string of the molecule is COCCNS(=O)(=O)c1cc(C(=O)OCc2cccc(OC)c2)ccc1OC. The lowest BCUT2D eigenvalue weighted by molar-refractivity contribution is 0.0472. The van der Waals surface area contributed by atoms with Crippen LogP contribution in [-0.2, 0) is 26.1 Å². The number of hydrogen-bond donors (Lipinski definition) is 1. The largest absolute Gasteiger partial charge is 0.497 e. The van der Waals surface area contributed by atoms with Crippen molar-refractivity contribution in [3.8, 4) is 11.5 Å². The van der Waals surface area contributed by atoms with Gasteiger partial charge in [0.1, 0.15) is 23.0 Å². The van der Waals surface area contributed by atoms with Crippen molar-refractivity contribution in [2.75, 3.05) is 34.5 Å². The molecule has 0 fully saturated rings. The minimum Gasteiger partial charge on any atom is -0.497 e. The Labute approximate surface area is 164 Å². The minimum absolute atomic E-state index is 0.0240. The summed E-state index contributed by atoms with van der Waals surface area (Å²) in [7, 11) is 0.478. The van der Waals surface area contributed by atoms with Crippen molar-refractivity contribution in [3.05, 3.63) is 53.6 Å². The van der Waals surface area contributed by atoms with Crippen molar-refractivity contribution < 1.29 is 32.2 Å². The summed E-state index contributed by atoms with van der Waals surface area (Å²) in [5.41, 5.74) is 0.839. The minimum atomic E-state index is -3.89. The first-order chi connectivity index (χ1) is 13.4. The third-order valence-corrected chi connectivity index (χ3v) is 5.27. The Morgan fingerprint density at radius 1 is 1.04 bits per heavy atom. The Morgan fingerprint density at radius 3 is 2.50 bits per heavy atom. The van der Waals surface area contributed by atoms with Crippen molar-refractivity contribution in [2.24, 2.45) is 0 Å². The fourth-order valence-electron chi connectivity index (χ4n) is 2.36. The molecular weight excluding hydrogens is 386 g/mol. The monoisotopic (exact) mass is 409 g/mol. The van der Waals surface area contributed by atoms with Crippen molar-refractivity contribution in [2.45, 2.75) is 11.5 Å². The van der Waals surface area contributed by atoms with Crippen LogP contribution in [0, 0.1) is 0 Å². The number of methoxy groups -OCH3 is 3. The lowest BCUT2D eigenvalue weighted by Crippen LogP contribution is -2.27. The molecule has 2 rings (SSSR count). The van der Waals surface area contributed by atoms with E-state index in [0.717, 1.165) is 5.56 Å². The van der Waals surface area contributed by atoms with Gasteiger partial charge in [-0.3, -0.25) is 0 Å². The predicted octanol–water partition coefficient (Wildman–Crippen LogP) is 1.99. The van der Waals surface area contributed by atoms with Crippen LogP contribution in [0.3, 0.4) is 0 Å². The molecule has 0 aliphatic rings. The zero-order valence-electron chi connectivity index (χ0n) is 15.9. The lowest BCUT2D eigenvalue weighted by atomic mass is 10.2. The topological polar surface area (TPSA) is 100 Å². The maximum Gasteiger partial charge on any atom is 0.338 e. The van der Waals surface area contributed by atoms with Crippen LogP contribution in [0.25, 0.3) is 0 Å². The highest BCUT2D eigenvalue weighted by molar-refractivity contribution is 7.89. The predicted molar refractivity (Wildman–Crippen MR) is 102 cm³/mol. The van der Waals surface area contributed by atoms with E-state index < -0.39 is 16.0 Å². The third kappa shape index (κ3) is 5.69. The first kappa shape index (κ1) is 21.7. The lowest BCUT2D eigenvalue weighted by Gasteiger charge is -2.12. The standard InChI is InChI=1S/C19H23NO7S/c1-24-10-9-20-28(22,23)18-12-15(7-8-17(18)26-3)19(21)27-13-14-5-4-6-16(11-14)25-2/h4-8,11-12,20H,9-10,13H2,1-3H3. The van der Waals surface area contributed by atoms with Crippen LogP contribution >= 0.6 is 0 Å². The zero-order valence-corrected chi connectivity index (χ0v) is 16.7. The first-order valence-corrected chi connectivity index (χ1v) is 9.86. The number of benzene rings is 2. The molecule has 28 heavy (non-hydrogen) atoms. The number of hydrogen-bond acceptors (Lipinski definition) is 7. The Morgan fingerprint density at radius 2 is 1.82 bits per heavy atom. The molecule has 0 amide bonds. The molecule has 2 aromatic rings. The van der Waals surface area contributed by atoms with Crippen LogP contribution in [0.5, 0.6) is 11.5 Å². The van der Waals surface area contributed by atoms with Crippen molar-refractivity contribution in [1.82, 2.24) is 4.72 Å². The molecule has 0 atom stereocenters. The second-order valence-electron chi connectivity index (χ2n) is 5.68. The molecule has 2 aromatic carbocycles. The molecule has 8 nitrogen and oxygen atoms in total. The van der Waals surface area contributed by atoms with Crippen molar-refractivity contribution in [1.29, 1.82) is 0 Å². The molecule has 0 saturated heterocycles. The van der Waals surface area contributed by atoms with Gasteiger partial charge in [-0.05, 0) is 35.9 Å². The fraction of sp³-hybridized carbons (Fsp3) is 0.316. The van der Waals surface area contributed by atoms with Crippen molar-refractivity contribution in [3.63, 3.8) is 0 Å². The summed E-state index contributed by atoms with van der Waals surface area (Å²) in [6, 6.07) is 11.2. The van der Waals surface area contributed by atoms with Crippen LogP contribution in [0.4, 0.5) is 0 Å². The van der Waals surface area contributed by atoms with Gasteiger partial charge in [-0.15, -0.1) is 0 Å². The molecular formula is C19H23NO7S. The van der Waals surface area contributed by atoms with E-state index in [0.29, 0.717) is 5.75 Å². The third-order valence-electron chi connectivity index (χ3n) is 3.79. The smallest absolute Gasteiger partial charge is 0.338 e. The van der Waals surface area contributed by atoms with Crippen LogP contribution < -0.4 is 14.2 Å². The molecule has 0 aliphatic carbocycles. The molecule has 0 unspecified atom stereocenters. The molecule has 0 aliphatic heterocycles. The normalized spacial score (nSPS) is 11.1. The second kappa shape index (κ2) is 10.1. The summed E-state index contributed by atoms with van der Waals surface area (Å²) >= 11 is 0. The van der Waals surface area contributed by atoms with Crippen molar-refractivity contribution >= 4 is 16.0 Å². The molecule has 0 heterocycles. The first-order valence-electron chi connectivity index (χ1n) is 8.38. The van der Waals surface area contributed by atoms with Gasteiger partial charge in [0.2, 0.25) is 10.0 Å². The zero-order chi connectivity index (χ0) is 20.6. The van der Waals surface area contributed by atoms with E-state index in [2.05, 4.69) is 4.72 Å². The summed E-state index contributed by atoms with van der Waals surface area (Å²) in [6.45, 7) is 0.326. The van der Waals surface area contributed by atoms with E-state index in [1.165, 1.54) is 32.4 Å². The highest BCUT2D eigenvalue weighted by Gasteiger charge is 2.22. The van der Waals surface area contributed by atoms with Gasteiger partial charge in [0, 0.05) is 13.7 Å². The highest BCUT2D eigenvalue weighted by Crippen LogP contribution is 2.25. The molecule has 9 heteroatoms. The Bertz CT molecular complexity index is 912. The summed E-state index contributed by atoms with van der Waals surface area (Å²) in [5.74, 6) is 0.113. The van der Waals surface area contributed by atoms with Gasteiger partial charge in [0.25, 0.3) is 0 Å². The van der Waals surface area contributed by atoms with E-state index in [1.807, 2.05) is 0 Å². The molecule has 152 valence electrons. The summed E-state index contributed by atoms with van der Waals surface area (Å²) in [5, 5.41) is 0. The van der Waals surface area contributed by atoms with Gasteiger partial charge in [-0.25, -0.2) is 17.9 Å².